The minimum Gasteiger partial charge on any atom is -0.507 e. The second-order valence-electron chi connectivity index (χ2n) is 8.24. The van der Waals surface area contributed by atoms with Gasteiger partial charge >= 0.3 is 0 Å². The number of ether oxygens (including phenoxy) is 2. The van der Waals surface area contributed by atoms with Crippen molar-refractivity contribution in [3.8, 4) is 45.7 Å². The lowest BCUT2D eigenvalue weighted by Crippen LogP contribution is -2.07. The molecule has 180 valence electrons. The Hall–Kier alpha value is -3.77. The summed E-state index contributed by atoms with van der Waals surface area (Å²) < 4.78 is 11.4. The molecular formula is C29H31N3O3. The predicted molar refractivity (Wildman–Crippen MR) is 138 cm³/mol. The van der Waals surface area contributed by atoms with E-state index in [1.807, 2.05) is 66.7 Å². The van der Waals surface area contributed by atoms with Crippen molar-refractivity contribution in [2.45, 2.75) is 32.6 Å². The van der Waals surface area contributed by atoms with E-state index in [9.17, 15) is 5.11 Å². The highest BCUT2D eigenvalue weighted by atomic mass is 16.5. The zero-order valence-corrected chi connectivity index (χ0v) is 20.1. The van der Waals surface area contributed by atoms with Crippen LogP contribution in [0.15, 0.2) is 78.9 Å². The monoisotopic (exact) mass is 469 g/mol. The third-order valence-corrected chi connectivity index (χ3v) is 5.55. The van der Waals surface area contributed by atoms with Gasteiger partial charge in [-0.05, 0) is 18.6 Å². The fourth-order valence-electron chi connectivity index (χ4n) is 3.67. The van der Waals surface area contributed by atoms with Crippen LogP contribution in [0, 0.1) is 0 Å². The summed E-state index contributed by atoms with van der Waals surface area (Å²) in [6.07, 6.45) is 4.73. The largest absolute Gasteiger partial charge is 0.507 e. The molecule has 0 radical (unpaired) electrons. The molecular weight excluding hydrogens is 438 g/mol. The Balaban J connectivity index is 1.51. The Labute approximate surface area is 206 Å². The van der Waals surface area contributed by atoms with Gasteiger partial charge in [0.1, 0.15) is 18.1 Å². The molecule has 0 unspecified atom stereocenters. The van der Waals surface area contributed by atoms with Crippen LogP contribution < -0.4 is 4.74 Å². The van der Waals surface area contributed by atoms with Gasteiger partial charge in [0.25, 0.3) is 0 Å². The maximum Gasteiger partial charge on any atom is 0.167 e. The first kappa shape index (κ1) is 24.4. The highest BCUT2D eigenvalue weighted by molar-refractivity contribution is 5.70. The van der Waals surface area contributed by atoms with Gasteiger partial charge in [-0.1, -0.05) is 86.8 Å². The fraction of sp³-hybridized carbons (Fsp3) is 0.276. The summed E-state index contributed by atoms with van der Waals surface area (Å²) in [4.78, 5) is 14.0. The van der Waals surface area contributed by atoms with Gasteiger partial charge in [-0.25, -0.2) is 15.0 Å². The summed E-state index contributed by atoms with van der Waals surface area (Å²) in [5, 5.41) is 10.8. The van der Waals surface area contributed by atoms with E-state index in [-0.39, 0.29) is 5.75 Å². The first-order chi connectivity index (χ1) is 17.2. The summed E-state index contributed by atoms with van der Waals surface area (Å²) in [5.74, 6) is 2.11. The van der Waals surface area contributed by atoms with Crippen molar-refractivity contribution in [3.05, 3.63) is 78.9 Å². The van der Waals surface area contributed by atoms with Gasteiger partial charge in [0, 0.05) is 23.8 Å². The molecule has 0 aliphatic rings. The van der Waals surface area contributed by atoms with Crippen LogP contribution in [0.4, 0.5) is 0 Å². The molecule has 35 heavy (non-hydrogen) atoms. The van der Waals surface area contributed by atoms with Crippen molar-refractivity contribution in [2.24, 2.45) is 0 Å². The van der Waals surface area contributed by atoms with Gasteiger partial charge in [-0.15, -0.1) is 0 Å². The van der Waals surface area contributed by atoms with E-state index < -0.39 is 0 Å². The molecule has 0 spiro atoms. The van der Waals surface area contributed by atoms with Gasteiger partial charge in [0.2, 0.25) is 0 Å². The quantitative estimate of drug-likeness (QED) is 0.237. The molecule has 3 aromatic carbocycles. The predicted octanol–water partition coefficient (Wildman–Crippen LogP) is 6.55. The molecule has 0 saturated carbocycles. The van der Waals surface area contributed by atoms with E-state index in [0.29, 0.717) is 42.0 Å². The van der Waals surface area contributed by atoms with Crippen LogP contribution in [0.3, 0.4) is 0 Å². The highest BCUT2D eigenvalue weighted by Crippen LogP contribution is 2.32. The molecule has 0 atom stereocenters. The normalized spacial score (nSPS) is 10.9. The van der Waals surface area contributed by atoms with E-state index in [2.05, 4.69) is 21.9 Å². The van der Waals surface area contributed by atoms with Crippen LogP contribution in [0.25, 0.3) is 34.2 Å². The number of benzene rings is 3. The van der Waals surface area contributed by atoms with Gasteiger partial charge in [-0.3, -0.25) is 0 Å². The molecule has 4 aromatic rings. The molecule has 6 nitrogen and oxygen atoms in total. The number of hydrogen-bond acceptors (Lipinski definition) is 6. The maximum atomic E-state index is 10.8. The van der Waals surface area contributed by atoms with E-state index in [4.69, 9.17) is 9.47 Å². The van der Waals surface area contributed by atoms with E-state index in [1.54, 1.807) is 12.1 Å². The van der Waals surface area contributed by atoms with Crippen LogP contribution in [-0.2, 0) is 4.74 Å². The van der Waals surface area contributed by atoms with Gasteiger partial charge < -0.3 is 14.6 Å². The number of hydrogen-bond donors (Lipinski definition) is 1. The smallest absolute Gasteiger partial charge is 0.167 e. The molecule has 0 amide bonds. The fourth-order valence-corrected chi connectivity index (χ4v) is 3.67. The highest BCUT2D eigenvalue weighted by Gasteiger charge is 2.15. The van der Waals surface area contributed by atoms with E-state index in [0.717, 1.165) is 24.2 Å². The first-order valence-corrected chi connectivity index (χ1v) is 12.2. The average Bonchev–Trinajstić information content (AvgIpc) is 2.91. The first-order valence-electron chi connectivity index (χ1n) is 12.2. The van der Waals surface area contributed by atoms with Crippen LogP contribution >= 0.6 is 0 Å². The van der Waals surface area contributed by atoms with Gasteiger partial charge in [0.15, 0.2) is 17.5 Å². The van der Waals surface area contributed by atoms with Crippen LogP contribution in [-0.4, -0.2) is 39.9 Å². The lowest BCUT2D eigenvalue weighted by atomic mass is 10.1. The van der Waals surface area contributed by atoms with Crippen LogP contribution in [0.1, 0.15) is 32.6 Å². The Morgan fingerprint density at radius 3 is 1.89 bits per heavy atom. The molecule has 4 rings (SSSR count). The summed E-state index contributed by atoms with van der Waals surface area (Å²) in [7, 11) is 0. The summed E-state index contributed by atoms with van der Waals surface area (Å²) in [6.45, 7) is 3.89. The summed E-state index contributed by atoms with van der Waals surface area (Å²) in [6, 6.07) is 24.7. The molecule has 0 fully saturated rings. The molecule has 0 aliphatic carbocycles. The third-order valence-electron chi connectivity index (χ3n) is 5.55. The van der Waals surface area contributed by atoms with Gasteiger partial charge in [-0.2, -0.15) is 0 Å². The molecule has 1 heterocycles. The van der Waals surface area contributed by atoms with Gasteiger partial charge in [0.05, 0.1) is 12.2 Å². The maximum absolute atomic E-state index is 10.8. The number of aromatic nitrogens is 3. The second-order valence-corrected chi connectivity index (χ2v) is 8.24. The topological polar surface area (TPSA) is 77.4 Å². The third kappa shape index (κ3) is 6.87. The SMILES string of the molecule is CCCCCCOCCOc1ccc(-c2nc(-c3ccccc3)nc(-c3ccccc3)n2)c(O)c1. The van der Waals surface area contributed by atoms with Crippen LogP contribution in [0.2, 0.25) is 0 Å². The summed E-state index contributed by atoms with van der Waals surface area (Å²) >= 11 is 0. The number of nitrogens with zero attached hydrogens (tertiary/aromatic N) is 3. The molecule has 1 N–H and O–H groups in total. The van der Waals surface area contributed by atoms with E-state index >= 15 is 0 Å². The number of rotatable bonds is 12. The lowest BCUT2D eigenvalue weighted by Gasteiger charge is -2.11. The Bertz CT molecular complexity index is 1140. The Morgan fingerprint density at radius 2 is 1.29 bits per heavy atom. The average molecular weight is 470 g/mol. The molecule has 0 saturated heterocycles. The van der Waals surface area contributed by atoms with Crippen LogP contribution in [0.5, 0.6) is 11.5 Å². The second kappa shape index (κ2) is 12.6. The Morgan fingerprint density at radius 1 is 0.657 bits per heavy atom. The number of phenols is 1. The lowest BCUT2D eigenvalue weighted by molar-refractivity contribution is 0.0970. The van der Waals surface area contributed by atoms with Crippen molar-refractivity contribution in [2.75, 3.05) is 19.8 Å². The molecule has 1 aromatic heterocycles. The Kier molecular flexibility index (Phi) is 8.79. The zero-order valence-electron chi connectivity index (χ0n) is 20.1. The number of unbranched alkanes of at least 4 members (excludes halogenated alkanes) is 3. The number of phenolic OH excluding ortho intramolecular Hbond substituents is 1. The number of aromatic hydroxyl groups is 1. The minimum absolute atomic E-state index is 0.0483. The zero-order chi connectivity index (χ0) is 24.3. The molecule has 0 aliphatic heterocycles. The minimum atomic E-state index is 0.0483. The molecule has 0 bridgehead atoms. The standard InChI is InChI=1S/C29H31N3O3/c1-2-3-4-11-18-34-19-20-35-24-16-17-25(26(33)21-24)29-31-27(22-12-7-5-8-13-22)30-28(32-29)23-14-9-6-10-15-23/h5-10,12-17,21,33H,2-4,11,18-20H2,1H3. The van der Waals surface area contributed by atoms with Crippen molar-refractivity contribution < 1.29 is 14.6 Å². The van der Waals surface area contributed by atoms with Crippen molar-refractivity contribution >= 4 is 0 Å². The van der Waals surface area contributed by atoms with Crippen molar-refractivity contribution in [3.63, 3.8) is 0 Å². The van der Waals surface area contributed by atoms with Crippen molar-refractivity contribution in [1.29, 1.82) is 0 Å². The van der Waals surface area contributed by atoms with Crippen molar-refractivity contribution in [1.82, 2.24) is 15.0 Å². The van der Waals surface area contributed by atoms with E-state index in [1.165, 1.54) is 19.3 Å². The molecule has 6 heteroatoms. The summed E-state index contributed by atoms with van der Waals surface area (Å²) in [5.41, 5.74) is 2.27.